The molecule has 2 aromatic carbocycles. The smallest absolute Gasteiger partial charge is 0.259 e. The molecule has 0 aliphatic carbocycles. The topological polar surface area (TPSA) is 46.5 Å². The van der Waals surface area contributed by atoms with Crippen molar-refractivity contribution < 1.29 is 9.00 Å². The van der Waals surface area contributed by atoms with E-state index in [0.717, 1.165) is 5.56 Å². The number of carbonyl (C=O) groups is 1. The molecule has 0 saturated carbocycles. The van der Waals surface area contributed by atoms with Crippen LogP contribution in [0.3, 0.4) is 0 Å². The van der Waals surface area contributed by atoms with Crippen LogP contribution in [0.1, 0.15) is 26.3 Å². The average molecular weight is 315 g/mol. The third-order valence-corrected chi connectivity index (χ3v) is 5.50. The number of amides is 1. The standard InChI is InChI=1S/C18H21NO2S/c1-14-10-12-16(13-11-14)22(21,15-8-6-5-7-9-15)19-17(20)18(2,3)4/h5-13H,1-4H3. The molecule has 4 heteroatoms. The van der Waals surface area contributed by atoms with E-state index < -0.39 is 15.1 Å². The molecule has 116 valence electrons. The third-order valence-electron chi connectivity index (χ3n) is 3.26. The minimum atomic E-state index is -2.97. The summed E-state index contributed by atoms with van der Waals surface area (Å²) in [5.41, 5.74) is 0.406. The number of carbonyl (C=O) groups excluding carboxylic acids is 1. The molecule has 2 rings (SSSR count). The second-order valence-corrected chi connectivity index (χ2v) is 8.48. The van der Waals surface area contributed by atoms with Crippen LogP contribution in [0, 0.1) is 12.3 Å². The third kappa shape index (κ3) is 3.45. The van der Waals surface area contributed by atoms with Gasteiger partial charge in [0.25, 0.3) is 5.91 Å². The summed E-state index contributed by atoms with van der Waals surface area (Å²) in [6, 6.07) is 16.3. The maximum Gasteiger partial charge on any atom is 0.259 e. The molecule has 0 radical (unpaired) electrons. The Labute approximate surface area is 132 Å². The summed E-state index contributed by atoms with van der Waals surface area (Å²) in [6.07, 6.45) is 0. The lowest BCUT2D eigenvalue weighted by molar-refractivity contribution is -0.124. The van der Waals surface area contributed by atoms with Crippen LogP contribution in [0.5, 0.6) is 0 Å². The van der Waals surface area contributed by atoms with Crippen molar-refractivity contribution in [2.24, 2.45) is 9.78 Å². The second kappa shape index (κ2) is 6.05. The summed E-state index contributed by atoms with van der Waals surface area (Å²) >= 11 is 0. The van der Waals surface area contributed by atoms with Crippen LogP contribution in [0.4, 0.5) is 0 Å². The Morgan fingerprint density at radius 3 is 1.91 bits per heavy atom. The molecule has 0 bridgehead atoms. The predicted octanol–water partition coefficient (Wildman–Crippen LogP) is 4.45. The van der Waals surface area contributed by atoms with Crippen molar-refractivity contribution in [3.05, 3.63) is 60.2 Å². The molecular formula is C18H21NO2S. The highest BCUT2D eigenvalue weighted by atomic mass is 32.2. The van der Waals surface area contributed by atoms with Gasteiger partial charge in [0, 0.05) is 5.41 Å². The van der Waals surface area contributed by atoms with Crippen LogP contribution in [-0.2, 0) is 14.5 Å². The first-order valence-electron chi connectivity index (χ1n) is 7.17. The van der Waals surface area contributed by atoms with E-state index in [4.69, 9.17) is 0 Å². The Bertz CT molecular complexity index is 778. The van der Waals surface area contributed by atoms with Crippen molar-refractivity contribution >= 4 is 15.6 Å². The highest BCUT2D eigenvalue weighted by molar-refractivity contribution is 7.94. The summed E-state index contributed by atoms with van der Waals surface area (Å²) in [6.45, 7) is 7.29. The Morgan fingerprint density at radius 2 is 1.41 bits per heavy atom. The highest BCUT2D eigenvalue weighted by Gasteiger charge is 2.25. The molecule has 0 fully saturated rings. The first-order chi connectivity index (χ1) is 10.2. The zero-order valence-electron chi connectivity index (χ0n) is 13.4. The minimum Gasteiger partial charge on any atom is -0.271 e. The van der Waals surface area contributed by atoms with Crippen LogP contribution < -0.4 is 0 Å². The van der Waals surface area contributed by atoms with Gasteiger partial charge in [-0.1, -0.05) is 56.7 Å². The zero-order valence-corrected chi connectivity index (χ0v) is 14.2. The molecule has 0 aliphatic heterocycles. The maximum absolute atomic E-state index is 13.6. The zero-order chi connectivity index (χ0) is 16.4. The first kappa shape index (κ1) is 16.4. The van der Waals surface area contributed by atoms with Crippen molar-refractivity contribution in [3.63, 3.8) is 0 Å². The normalized spacial score (nSPS) is 14.2. The Kier molecular flexibility index (Phi) is 4.52. The minimum absolute atomic E-state index is 0.359. The lowest BCUT2D eigenvalue weighted by Gasteiger charge is -2.16. The molecule has 0 heterocycles. The first-order valence-corrected chi connectivity index (χ1v) is 8.68. The summed E-state index contributed by atoms with van der Waals surface area (Å²) in [5, 5.41) is 0. The number of aryl methyl sites for hydroxylation is 1. The molecule has 1 atom stereocenters. The van der Waals surface area contributed by atoms with Gasteiger partial charge in [0.15, 0.2) is 0 Å². The molecule has 0 N–H and O–H groups in total. The van der Waals surface area contributed by atoms with Crippen LogP contribution >= 0.6 is 0 Å². The van der Waals surface area contributed by atoms with E-state index >= 15 is 0 Å². The lowest BCUT2D eigenvalue weighted by atomic mass is 9.96. The Morgan fingerprint density at radius 1 is 0.909 bits per heavy atom. The van der Waals surface area contributed by atoms with Gasteiger partial charge >= 0.3 is 0 Å². The molecule has 0 aliphatic rings. The van der Waals surface area contributed by atoms with E-state index in [2.05, 4.69) is 4.36 Å². The van der Waals surface area contributed by atoms with E-state index in [1.807, 2.05) is 25.1 Å². The van der Waals surface area contributed by atoms with Crippen molar-refractivity contribution in [1.29, 1.82) is 0 Å². The largest absolute Gasteiger partial charge is 0.271 e. The van der Waals surface area contributed by atoms with Gasteiger partial charge in [-0.25, -0.2) is 4.21 Å². The molecule has 2 aromatic rings. The van der Waals surface area contributed by atoms with Crippen LogP contribution in [0.15, 0.2) is 68.8 Å². The Balaban J connectivity index is 2.71. The van der Waals surface area contributed by atoms with Gasteiger partial charge < -0.3 is 0 Å². The van der Waals surface area contributed by atoms with E-state index in [1.165, 1.54) is 0 Å². The van der Waals surface area contributed by atoms with Gasteiger partial charge in [-0.15, -0.1) is 0 Å². The van der Waals surface area contributed by atoms with Crippen LogP contribution in [0.25, 0.3) is 0 Å². The van der Waals surface area contributed by atoms with Crippen LogP contribution in [-0.4, -0.2) is 10.1 Å². The average Bonchev–Trinajstić information content (AvgIpc) is 2.47. The monoisotopic (exact) mass is 315 g/mol. The maximum atomic E-state index is 13.6. The van der Waals surface area contributed by atoms with Gasteiger partial charge in [-0.05, 0) is 31.2 Å². The van der Waals surface area contributed by atoms with E-state index in [1.54, 1.807) is 57.2 Å². The lowest BCUT2D eigenvalue weighted by Crippen LogP contribution is -2.20. The number of nitrogens with zero attached hydrogens (tertiary/aromatic N) is 1. The number of rotatable bonds is 2. The van der Waals surface area contributed by atoms with E-state index in [-0.39, 0.29) is 5.91 Å². The Hall–Kier alpha value is -1.94. The number of hydrogen-bond acceptors (Lipinski definition) is 2. The van der Waals surface area contributed by atoms with Gasteiger partial charge in [-0.3, -0.25) is 4.79 Å². The van der Waals surface area contributed by atoms with Crippen molar-refractivity contribution in [2.75, 3.05) is 0 Å². The van der Waals surface area contributed by atoms with Gasteiger partial charge in [-0.2, -0.15) is 4.36 Å². The number of hydrogen-bond donors (Lipinski definition) is 0. The van der Waals surface area contributed by atoms with E-state index in [9.17, 15) is 9.00 Å². The molecule has 3 nitrogen and oxygen atoms in total. The molecule has 22 heavy (non-hydrogen) atoms. The fraction of sp³-hybridized carbons (Fsp3) is 0.278. The molecule has 1 amide bonds. The van der Waals surface area contributed by atoms with Crippen molar-refractivity contribution in [1.82, 2.24) is 0 Å². The van der Waals surface area contributed by atoms with Gasteiger partial charge in [0.1, 0.15) is 9.73 Å². The van der Waals surface area contributed by atoms with Crippen LogP contribution in [0.2, 0.25) is 0 Å². The van der Waals surface area contributed by atoms with Crippen molar-refractivity contribution in [3.8, 4) is 0 Å². The summed E-state index contributed by atoms with van der Waals surface area (Å²) in [4.78, 5) is 13.5. The van der Waals surface area contributed by atoms with E-state index in [0.29, 0.717) is 9.79 Å². The summed E-state index contributed by atoms with van der Waals surface area (Å²) in [7, 11) is -2.97. The summed E-state index contributed by atoms with van der Waals surface area (Å²) < 4.78 is 17.7. The molecular weight excluding hydrogens is 294 g/mol. The quantitative estimate of drug-likeness (QED) is 0.821. The number of benzene rings is 2. The fourth-order valence-corrected chi connectivity index (χ4v) is 3.84. The molecule has 1 unspecified atom stereocenters. The fourth-order valence-electron chi connectivity index (χ4n) is 1.82. The molecule has 0 aromatic heterocycles. The molecule has 0 spiro atoms. The summed E-state index contributed by atoms with van der Waals surface area (Å²) in [5.74, 6) is -0.359. The second-order valence-electron chi connectivity index (χ2n) is 6.30. The van der Waals surface area contributed by atoms with Crippen molar-refractivity contribution in [2.45, 2.75) is 37.5 Å². The predicted molar refractivity (Wildman–Crippen MR) is 89.2 cm³/mol. The van der Waals surface area contributed by atoms with Gasteiger partial charge in [0.05, 0.1) is 9.79 Å². The highest BCUT2D eigenvalue weighted by Crippen LogP contribution is 2.26. The SMILES string of the molecule is Cc1ccc(S(=O)(=NC(=O)C(C)(C)C)c2ccccc2)cc1. The van der Waals surface area contributed by atoms with Gasteiger partial charge in [0.2, 0.25) is 0 Å². The molecule has 0 saturated heterocycles.